The van der Waals surface area contributed by atoms with Crippen molar-refractivity contribution < 1.29 is 37.9 Å². The van der Waals surface area contributed by atoms with E-state index in [1.165, 1.54) is 4.90 Å². The van der Waals surface area contributed by atoms with Gasteiger partial charge in [0.25, 0.3) is 5.91 Å². The van der Waals surface area contributed by atoms with Crippen LogP contribution in [0.25, 0.3) is 0 Å². The summed E-state index contributed by atoms with van der Waals surface area (Å²) in [6.45, 7) is 21.1. The third-order valence-electron chi connectivity index (χ3n) is 12.4. The van der Waals surface area contributed by atoms with Crippen LogP contribution in [0.15, 0.2) is 84.9 Å². The average molecular weight is 925 g/mol. The number of ether oxygens (including phenoxy) is 2. The van der Waals surface area contributed by atoms with Gasteiger partial charge < -0.3 is 34.8 Å². The highest BCUT2D eigenvalue weighted by atomic mass is 28.4. The molecule has 3 aromatic carbocycles. The summed E-state index contributed by atoms with van der Waals surface area (Å²) in [5, 5.41) is 21.5. The predicted molar refractivity (Wildman–Crippen MR) is 258 cm³/mol. The van der Waals surface area contributed by atoms with Crippen molar-refractivity contribution in [1.29, 1.82) is 5.26 Å². The van der Waals surface area contributed by atoms with Gasteiger partial charge >= 0.3 is 12.1 Å². The number of alkyl carbamates (subject to hydrolysis) is 1. The molecule has 3 aromatic rings. The Morgan fingerprint density at radius 2 is 1.35 bits per heavy atom. The Morgan fingerprint density at radius 3 is 1.91 bits per heavy atom. The molecule has 0 saturated carbocycles. The van der Waals surface area contributed by atoms with Crippen LogP contribution in [0.2, 0.25) is 18.1 Å². The first-order valence-electron chi connectivity index (χ1n) is 23.1. The minimum Gasteiger partial charge on any atom is -0.444 e. The molecule has 0 spiro atoms. The van der Waals surface area contributed by atoms with Gasteiger partial charge in [0.15, 0.2) is 8.32 Å². The minimum atomic E-state index is -2.63. The molecule has 0 radical (unpaired) electrons. The smallest absolute Gasteiger partial charge is 0.407 e. The fraction of sp³-hybridized carbons (Fsp3) is 0.529. The van der Waals surface area contributed by atoms with E-state index in [-0.39, 0.29) is 24.3 Å². The van der Waals surface area contributed by atoms with E-state index in [9.17, 15) is 24.4 Å². The molecule has 1 saturated heterocycles. The van der Waals surface area contributed by atoms with Crippen LogP contribution in [0, 0.1) is 23.2 Å². The van der Waals surface area contributed by atoms with Crippen LogP contribution < -0.4 is 21.3 Å². The first-order valence-corrected chi connectivity index (χ1v) is 26.0. The summed E-state index contributed by atoms with van der Waals surface area (Å²) in [5.74, 6) is -3.01. The maximum atomic E-state index is 15.1. The molecule has 0 aromatic heterocycles. The monoisotopic (exact) mass is 925 g/mol. The zero-order valence-corrected chi connectivity index (χ0v) is 41.6. The second-order valence-corrected chi connectivity index (χ2v) is 24.5. The zero-order valence-electron chi connectivity index (χ0n) is 40.6. The quantitative estimate of drug-likeness (QED) is 0.0886. The summed E-state index contributed by atoms with van der Waals surface area (Å²) in [5.41, 5.74) is 1.95. The van der Waals surface area contributed by atoms with E-state index in [0.29, 0.717) is 50.3 Å². The number of nitriles is 1. The molecule has 1 heterocycles. The highest BCUT2D eigenvalue weighted by Gasteiger charge is 2.43. The normalized spacial score (nSPS) is 16.0. The number of imide groups is 1. The molecule has 66 heavy (non-hydrogen) atoms. The van der Waals surface area contributed by atoms with Gasteiger partial charge in [-0.05, 0) is 86.8 Å². The van der Waals surface area contributed by atoms with Gasteiger partial charge in [0.05, 0.1) is 37.0 Å². The predicted octanol–water partition coefficient (Wildman–Crippen LogP) is 7.46. The molecule has 4 rings (SSSR count). The summed E-state index contributed by atoms with van der Waals surface area (Å²) >= 11 is 0. The lowest BCUT2D eigenvalue weighted by Crippen LogP contribution is -2.59. The van der Waals surface area contributed by atoms with Crippen molar-refractivity contribution in [3.63, 3.8) is 0 Å². The van der Waals surface area contributed by atoms with Crippen LogP contribution in [-0.4, -0.2) is 99.2 Å². The first-order chi connectivity index (χ1) is 31.1. The van der Waals surface area contributed by atoms with Crippen LogP contribution >= 0.6 is 0 Å². The van der Waals surface area contributed by atoms with Gasteiger partial charge in [0.2, 0.25) is 11.8 Å². The first kappa shape index (κ1) is 53.1. The van der Waals surface area contributed by atoms with E-state index in [1.54, 1.807) is 32.9 Å². The number of hydrogen-bond acceptors (Lipinski definition) is 9. The topological polar surface area (TPSA) is 188 Å². The van der Waals surface area contributed by atoms with Gasteiger partial charge in [-0.25, -0.2) is 9.59 Å². The van der Waals surface area contributed by atoms with Crippen molar-refractivity contribution in [3.05, 3.63) is 107 Å². The second kappa shape index (κ2) is 24.3. The van der Waals surface area contributed by atoms with Gasteiger partial charge in [0.1, 0.15) is 17.7 Å². The lowest BCUT2D eigenvalue weighted by atomic mass is 9.87. The van der Waals surface area contributed by atoms with Gasteiger partial charge in [-0.2, -0.15) is 5.26 Å². The molecule has 1 fully saturated rings. The zero-order chi connectivity index (χ0) is 48.7. The van der Waals surface area contributed by atoms with Crippen molar-refractivity contribution in [2.24, 2.45) is 11.8 Å². The number of carbonyl (C=O) groups is 5. The third kappa shape index (κ3) is 16.4. The van der Waals surface area contributed by atoms with Crippen LogP contribution in [0.5, 0.6) is 0 Å². The van der Waals surface area contributed by atoms with Crippen LogP contribution in [0.1, 0.15) is 90.5 Å². The standard InChI is InChI=1S/C51H72N6O8Si/c1-11-35(2)44(47(60)53-42(31-37-22-16-13-17-23-37)46(59)56-48(61)57-26-28-63-29-27-57)55-45(58)40(32-38-24-18-19-25-39(38)34-52)33-43(65-66(9,10)51(6,7)8)41(30-36-20-14-12-15-21-36)54-49(62)64-50(3,4)5/h12-25,35,40-44H,11,26-33H2,1-10H3,(H,53,60)(H,54,62)(H,55,58)(H,56,59,61)/t35-,40?,41?,42?,43?,44-/m0/s1. The van der Waals surface area contributed by atoms with E-state index in [2.05, 4.69) is 61.2 Å². The molecular weight excluding hydrogens is 853 g/mol. The molecule has 4 N–H and O–H groups in total. The Kier molecular flexibility index (Phi) is 19.5. The fourth-order valence-corrected chi connectivity index (χ4v) is 8.79. The van der Waals surface area contributed by atoms with Crippen molar-refractivity contribution in [2.45, 2.75) is 135 Å². The molecule has 6 atom stereocenters. The summed E-state index contributed by atoms with van der Waals surface area (Å²) in [7, 11) is -2.63. The molecule has 0 aliphatic carbocycles. The molecule has 0 bridgehead atoms. The third-order valence-corrected chi connectivity index (χ3v) is 16.9. The Balaban J connectivity index is 1.75. The maximum absolute atomic E-state index is 15.1. The van der Waals surface area contributed by atoms with Gasteiger partial charge in [-0.3, -0.25) is 19.7 Å². The molecule has 358 valence electrons. The van der Waals surface area contributed by atoms with Gasteiger partial charge in [-0.1, -0.05) is 120 Å². The summed E-state index contributed by atoms with van der Waals surface area (Å²) in [6, 6.07) is 24.7. The number of nitrogens with zero attached hydrogens (tertiary/aromatic N) is 2. The van der Waals surface area contributed by atoms with Crippen molar-refractivity contribution in [1.82, 2.24) is 26.2 Å². The van der Waals surface area contributed by atoms with Gasteiger partial charge in [0, 0.05) is 25.4 Å². The maximum Gasteiger partial charge on any atom is 0.407 e. The van der Waals surface area contributed by atoms with E-state index >= 15 is 4.79 Å². The Labute approximate surface area is 393 Å². The number of carbonyl (C=O) groups excluding carboxylic acids is 5. The summed E-state index contributed by atoms with van der Waals surface area (Å²) < 4.78 is 18.4. The van der Waals surface area contributed by atoms with Crippen molar-refractivity contribution >= 4 is 38.2 Å². The number of hydrogen-bond donors (Lipinski definition) is 4. The van der Waals surface area contributed by atoms with E-state index < -0.39 is 79.8 Å². The van der Waals surface area contributed by atoms with Crippen molar-refractivity contribution in [3.8, 4) is 6.07 Å². The van der Waals surface area contributed by atoms with Gasteiger partial charge in [-0.15, -0.1) is 0 Å². The number of rotatable bonds is 19. The molecule has 1 aliphatic rings. The van der Waals surface area contributed by atoms with E-state index in [0.717, 1.165) is 11.1 Å². The molecule has 14 nitrogen and oxygen atoms in total. The Bertz CT molecular complexity index is 2110. The van der Waals surface area contributed by atoms with Crippen LogP contribution in [0.3, 0.4) is 0 Å². The molecule has 1 aliphatic heterocycles. The molecule has 15 heteroatoms. The largest absolute Gasteiger partial charge is 0.444 e. The molecular formula is C51H72N6O8Si. The minimum absolute atomic E-state index is 0.0868. The van der Waals surface area contributed by atoms with E-state index in [4.69, 9.17) is 13.9 Å². The van der Waals surface area contributed by atoms with Crippen molar-refractivity contribution in [2.75, 3.05) is 26.3 Å². The summed E-state index contributed by atoms with van der Waals surface area (Å²) in [6.07, 6.45) is -0.193. The second-order valence-electron chi connectivity index (χ2n) is 19.8. The molecule has 6 amide bonds. The Hall–Kier alpha value is -5.56. The Morgan fingerprint density at radius 1 is 0.773 bits per heavy atom. The van der Waals surface area contributed by atoms with E-state index in [1.807, 2.05) is 86.6 Å². The lowest BCUT2D eigenvalue weighted by Gasteiger charge is -2.42. The number of nitrogens with one attached hydrogen (secondary N) is 4. The number of amides is 6. The highest BCUT2D eigenvalue weighted by Crippen LogP contribution is 2.39. The number of morpholine rings is 1. The molecule has 4 unspecified atom stereocenters. The SMILES string of the molecule is CC[C@H](C)[C@H](NC(=O)C(Cc1ccccc1C#N)CC(O[Si](C)(C)C(C)(C)C)C(Cc1ccccc1)NC(=O)OC(C)(C)C)C(=O)NC(Cc1ccccc1)C(=O)NC(=O)N1CCOCC1. The van der Waals surface area contributed by atoms with Crippen LogP contribution in [0.4, 0.5) is 9.59 Å². The average Bonchev–Trinajstić information content (AvgIpc) is 3.26. The highest BCUT2D eigenvalue weighted by molar-refractivity contribution is 6.74. The fourth-order valence-electron chi connectivity index (χ4n) is 7.42. The number of urea groups is 1. The lowest BCUT2D eigenvalue weighted by molar-refractivity contribution is -0.134. The van der Waals surface area contributed by atoms with Crippen LogP contribution in [-0.2, 0) is 47.5 Å². The summed E-state index contributed by atoms with van der Waals surface area (Å²) in [4.78, 5) is 71.9. The number of benzene rings is 3.